The van der Waals surface area contributed by atoms with Gasteiger partial charge in [-0.05, 0) is 70.5 Å². The minimum atomic E-state index is -3.53. The normalized spacial score (nSPS) is 23.8. The van der Waals surface area contributed by atoms with Crippen LogP contribution < -0.4 is 15.1 Å². The third-order valence-corrected chi connectivity index (χ3v) is 12.8. The molecule has 9 nitrogen and oxygen atoms in total. The van der Waals surface area contributed by atoms with Crippen molar-refractivity contribution in [1.82, 2.24) is 10.2 Å². The van der Waals surface area contributed by atoms with Gasteiger partial charge in [-0.15, -0.1) is 0 Å². The molecule has 3 amide bonds. The van der Waals surface area contributed by atoms with Crippen LogP contribution in [0, 0.1) is 5.92 Å². The molecule has 2 aromatic carbocycles. The number of ether oxygens (including phenoxy) is 1. The van der Waals surface area contributed by atoms with Crippen LogP contribution in [0.5, 0.6) is 0 Å². The number of fused-ring (bicyclic) bond motifs is 2. The molecule has 5 rings (SSSR count). The van der Waals surface area contributed by atoms with E-state index in [4.69, 9.17) is 4.74 Å². The van der Waals surface area contributed by atoms with Crippen molar-refractivity contribution in [3.63, 3.8) is 0 Å². The molecule has 3 aliphatic rings. The summed E-state index contributed by atoms with van der Waals surface area (Å²) in [5, 5.41) is 12.9. The van der Waals surface area contributed by atoms with Crippen molar-refractivity contribution >= 4 is 37.5 Å². The van der Waals surface area contributed by atoms with Gasteiger partial charge in [0.2, 0.25) is 20.2 Å². The number of benzene rings is 2. The molecule has 1 spiro atoms. The van der Waals surface area contributed by atoms with E-state index in [1.165, 1.54) is 5.57 Å². The molecule has 270 valence electrons. The second-order valence-corrected chi connectivity index (χ2v) is 18.5. The van der Waals surface area contributed by atoms with E-state index in [1.54, 1.807) is 27.8 Å². The predicted octanol–water partition coefficient (Wildman–Crippen LogP) is 5.85. The van der Waals surface area contributed by atoms with Crippen molar-refractivity contribution in [1.29, 1.82) is 0 Å². The topological polar surface area (TPSA) is 102 Å². The van der Waals surface area contributed by atoms with Crippen LogP contribution in [0.2, 0.25) is 18.6 Å². The Labute approximate surface area is 297 Å². The number of amides is 3. The number of hydrogen-bond donors (Lipinski definition) is 2. The smallest absolute Gasteiger partial charge is 0.264 e. The first-order chi connectivity index (χ1) is 23.8. The minimum absolute atomic E-state index is 0.0669. The predicted molar refractivity (Wildman–Crippen MR) is 198 cm³/mol. The lowest BCUT2D eigenvalue weighted by atomic mass is 9.82. The lowest BCUT2D eigenvalue weighted by Gasteiger charge is -2.32. The van der Waals surface area contributed by atoms with E-state index >= 15 is 4.11 Å². The van der Waals surface area contributed by atoms with Crippen LogP contribution >= 0.6 is 0 Å². The largest absolute Gasteiger partial charge is 0.395 e. The summed E-state index contributed by atoms with van der Waals surface area (Å²) < 4.78 is 23.4. The van der Waals surface area contributed by atoms with Crippen molar-refractivity contribution in [3.8, 4) is 0 Å². The highest BCUT2D eigenvalue weighted by Gasteiger charge is 2.67. The van der Waals surface area contributed by atoms with E-state index in [0.717, 1.165) is 24.0 Å². The summed E-state index contributed by atoms with van der Waals surface area (Å²) in [5.74, 6) is -1.19. The quantitative estimate of drug-likeness (QED) is 0.154. The first-order valence-electron chi connectivity index (χ1n) is 17.8. The van der Waals surface area contributed by atoms with E-state index in [9.17, 15) is 19.5 Å². The van der Waals surface area contributed by atoms with Gasteiger partial charge >= 0.3 is 0 Å². The number of halogens is 1. The van der Waals surface area contributed by atoms with E-state index in [1.807, 2.05) is 55.5 Å². The molecular formula is C39H53FN4O5Si. The summed E-state index contributed by atoms with van der Waals surface area (Å²) in [6, 6.07) is 15.2. The Morgan fingerprint density at radius 2 is 1.88 bits per heavy atom. The van der Waals surface area contributed by atoms with Gasteiger partial charge in [0.05, 0.1) is 31.4 Å². The summed E-state index contributed by atoms with van der Waals surface area (Å²) >= 11 is 0. The average Bonchev–Trinajstić information content (AvgIpc) is 3.49. The summed E-state index contributed by atoms with van der Waals surface area (Å²) in [6.07, 6.45) is 5.06. The number of nitrogens with one attached hydrogen (secondary N) is 1. The highest BCUT2D eigenvalue weighted by atomic mass is 28.4. The Bertz CT molecular complexity index is 1620. The number of rotatable bonds is 13. The molecule has 50 heavy (non-hydrogen) atoms. The van der Waals surface area contributed by atoms with Crippen molar-refractivity contribution in [2.24, 2.45) is 5.92 Å². The Morgan fingerprint density at radius 3 is 2.54 bits per heavy atom. The number of hydrogen-bond acceptors (Lipinski definition) is 6. The highest BCUT2D eigenvalue weighted by Crippen LogP contribution is 2.60. The molecule has 0 aromatic heterocycles. The number of anilines is 2. The zero-order valence-corrected chi connectivity index (χ0v) is 31.4. The van der Waals surface area contributed by atoms with Gasteiger partial charge in [-0.2, -0.15) is 0 Å². The average molecular weight is 705 g/mol. The van der Waals surface area contributed by atoms with Gasteiger partial charge in [0.25, 0.3) is 5.91 Å². The number of carbonyl (C=O) groups excluding carboxylic acids is 3. The van der Waals surface area contributed by atoms with E-state index < -0.39 is 31.6 Å². The Morgan fingerprint density at radius 1 is 1.14 bits per heavy atom. The van der Waals surface area contributed by atoms with Crippen LogP contribution in [0.25, 0.3) is 0 Å². The fraction of sp³-hybridized carbons (Fsp3) is 0.513. The van der Waals surface area contributed by atoms with Gasteiger partial charge in [0.1, 0.15) is 0 Å². The van der Waals surface area contributed by atoms with Gasteiger partial charge in [0, 0.05) is 55.4 Å². The first-order valence-corrected chi connectivity index (χ1v) is 20.8. The molecule has 0 bridgehead atoms. The Kier molecular flexibility index (Phi) is 11.8. The zero-order chi connectivity index (χ0) is 36.2. The third-order valence-electron chi connectivity index (χ3n) is 10.4. The van der Waals surface area contributed by atoms with Crippen LogP contribution in [0.4, 0.5) is 15.5 Å². The molecule has 0 radical (unpaired) electrons. The van der Waals surface area contributed by atoms with Gasteiger partial charge in [-0.25, -0.2) is 0 Å². The van der Waals surface area contributed by atoms with E-state index in [0.29, 0.717) is 43.1 Å². The van der Waals surface area contributed by atoms with Crippen LogP contribution in [-0.4, -0.2) is 81.6 Å². The summed E-state index contributed by atoms with van der Waals surface area (Å²) in [6.45, 7) is 13.2. The number of allylic oxidation sites excluding steroid dienone is 3. The van der Waals surface area contributed by atoms with Crippen molar-refractivity contribution in [3.05, 3.63) is 83.0 Å². The Hall–Kier alpha value is -3.64. The maximum absolute atomic E-state index is 16.5. The standard InChI is InChI=1S/C39H53FN4O5Si/c1-27(2)11-10-12-28(3)17-19-44-33-16-15-31(43-20-18-41-25-36(43)47)23-32(33)39(38(44)48)29(4)37(50(5,6)40)34(49-39)24-35(46)42(21-22-45)26-30-13-8-7-9-14-30/h7-9,11,13-17,23,29,34,37,41,45H,10,12,18-22,24-26H2,1-6H3/b28-17+/t29-,34+,37-,39+/m0/s1. The first kappa shape index (κ1) is 37.6. The van der Waals surface area contributed by atoms with E-state index in [2.05, 4.69) is 38.2 Å². The molecule has 2 aromatic rings. The SMILES string of the molecule is CC(C)=CCC/C(C)=C/CN1C(=O)[C@]2(O[C@H](CC(=O)N(CCO)Cc3ccccc3)[C@@H]([Si](C)(C)F)[C@@H]2C)c2cc(N3CCNCC3=O)ccc21. The number of aliphatic hydroxyl groups is 1. The number of nitrogens with zero attached hydrogens (tertiary/aromatic N) is 3. The molecule has 4 atom stereocenters. The molecule has 2 fully saturated rings. The molecular weight excluding hydrogens is 652 g/mol. The number of carbonyl (C=O) groups is 3. The molecule has 0 saturated carbocycles. The summed E-state index contributed by atoms with van der Waals surface area (Å²) in [5.41, 5.74) is 3.09. The fourth-order valence-corrected chi connectivity index (χ4v) is 10.4. The fourth-order valence-electron chi connectivity index (χ4n) is 7.92. The molecule has 3 heterocycles. The molecule has 3 aliphatic heterocycles. The lowest BCUT2D eigenvalue weighted by Crippen LogP contribution is -2.48. The molecule has 2 saturated heterocycles. The van der Waals surface area contributed by atoms with Gasteiger partial charge < -0.3 is 34.0 Å². The van der Waals surface area contributed by atoms with Crippen LogP contribution in [0.1, 0.15) is 58.1 Å². The lowest BCUT2D eigenvalue weighted by molar-refractivity contribution is -0.149. The summed E-state index contributed by atoms with van der Waals surface area (Å²) in [4.78, 5) is 46.8. The maximum Gasteiger partial charge on any atom is 0.264 e. The van der Waals surface area contributed by atoms with Gasteiger partial charge in [-0.1, -0.05) is 60.6 Å². The van der Waals surface area contributed by atoms with Crippen molar-refractivity contribution < 1.29 is 28.3 Å². The molecule has 0 aliphatic carbocycles. The second kappa shape index (κ2) is 15.7. The molecule has 0 unspecified atom stereocenters. The van der Waals surface area contributed by atoms with Crippen LogP contribution in [-0.2, 0) is 31.3 Å². The van der Waals surface area contributed by atoms with Crippen molar-refractivity contribution in [2.75, 3.05) is 49.1 Å². The molecule has 11 heteroatoms. The van der Waals surface area contributed by atoms with Gasteiger partial charge in [-0.3, -0.25) is 14.4 Å². The Balaban J connectivity index is 1.53. The van der Waals surface area contributed by atoms with Crippen LogP contribution in [0.3, 0.4) is 0 Å². The number of aliphatic hydroxyl groups excluding tert-OH is 1. The number of piperazine rings is 1. The van der Waals surface area contributed by atoms with Gasteiger partial charge in [0.15, 0.2) is 5.60 Å². The zero-order valence-electron chi connectivity index (χ0n) is 30.4. The van der Waals surface area contributed by atoms with E-state index in [-0.39, 0.29) is 43.8 Å². The highest BCUT2D eigenvalue weighted by molar-refractivity contribution is 6.72. The molecule has 2 N–H and O–H groups in total. The maximum atomic E-state index is 16.5. The summed E-state index contributed by atoms with van der Waals surface area (Å²) in [7, 11) is -3.53. The third kappa shape index (κ3) is 7.81. The monoisotopic (exact) mass is 704 g/mol. The van der Waals surface area contributed by atoms with Crippen molar-refractivity contribution in [2.45, 2.75) is 83.8 Å². The minimum Gasteiger partial charge on any atom is -0.395 e. The van der Waals surface area contributed by atoms with Crippen LogP contribution in [0.15, 0.2) is 71.8 Å². The second-order valence-electron chi connectivity index (χ2n) is 14.7.